The third kappa shape index (κ3) is 6.43. The Balaban J connectivity index is 1.27. The van der Waals surface area contributed by atoms with Gasteiger partial charge in [0.1, 0.15) is 5.75 Å². The van der Waals surface area contributed by atoms with Crippen molar-refractivity contribution in [2.24, 2.45) is 5.92 Å². The summed E-state index contributed by atoms with van der Waals surface area (Å²) < 4.78 is 60.3. The molecule has 40 heavy (non-hydrogen) atoms. The molecule has 1 aliphatic carbocycles. The lowest BCUT2D eigenvalue weighted by Crippen LogP contribution is -2.41. The molecule has 0 bridgehead atoms. The molecular formula is C30H30F3NO6. The Labute approximate surface area is 229 Å². The normalized spacial score (nSPS) is 19.2. The van der Waals surface area contributed by atoms with Crippen molar-refractivity contribution in [1.29, 1.82) is 0 Å². The summed E-state index contributed by atoms with van der Waals surface area (Å²) >= 11 is 0. The molecule has 5 rings (SSSR count). The van der Waals surface area contributed by atoms with Crippen LogP contribution in [0.25, 0.3) is 10.8 Å². The number of esters is 1. The minimum absolute atomic E-state index is 0.0194. The van der Waals surface area contributed by atoms with Gasteiger partial charge in [-0.1, -0.05) is 30.3 Å². The van der Waals surface area contributed by atoms with Gasteiger partial charge in [0.15, 0.2) is 18.1 Å². The fraction of sp³-hybridized carbons (Fsp3) is 0.400. The standard InChI is InChI=1S/C30H30F3NO6/c1-37-29(36)15-25(20-5-11-26-27(14-20)40-17-39-26)19-3-2-18-4-10-24(13-21(18)12-19)38-16-28(35)34-23-8-6-22(7-9-23)30(31,32)33/h2-5,10-14,22-23,25H,6-9,15-17H2,1H3,(H,34,35). The third-order valence-electron chi connectivity index (χ3n) is 7.56. The molecule has 1 aliphatic heterocycles. The Morgan fingerprint density at radius 2 is 1.62 bits per heavy atom. The number of amides is 1. The van der Waals surface area contributed by atoms with Crippen LogP contribution in [0.4, 0.5) is 13.2 Å². The van der Waals surface area contributed by atoms with Gasteiger partial charge in [-0.25, -0.2) is 0 Å². The topological polar surface area (TPSA) is 83.1 Å². The Kier molecular flexibility index (Phi) is 8.04. The second kappa shape index (κ2) is 11.7. The number of alkyl halides is 3. The third-order valence-corrected chi connectivity index (χ3v) is 7.56. The van der Waals surface area contributed by atoms with E-state index in [4.69, 9.17) is 18.9 Å². The number of carbonyl (C=O) groups is 2. The minimum Gasteiger partial charge on any atom is -0.484 e. The number of fused-ring (bicyclic) bond motifs is 2. The summed E-state index contributed by atoms with van der Waals surface area (Å²) in [5.41, 5.74) is 1.77. The average molecular weight is 558 g/mol. The molecule has 1 saturated carbocycles. The van der Waals surface area contributed by atoms with Crippen molar-refractivity contribution in [3.8, 4) is 17.2 Å². The number of carbonyl (C=O) groups excluding carboxylic acids is 2. The van der Waals surface area contributed by atoms with Crippen LogP contribution in [0.3, 0.4) is 0 Å². The van der Waals surface area contributed by atoms with Crippen molar-refractivity contribution in [2.45, 2.75) is 50.2 Å². The van der Waals surface area contributed by atoms with Gasteiger partial charge in [-0.05, 0) is 71.8 Å². The van der Waals surface area contributed by atoms with E-state index in [0.29, 0.717) is 30.1 Å². The number of nitrogens with one attached hydrogen (secondary N) is 1. The van der Waals surface area contributed by atoms with Crippen molar-refractivity contribution in [3.63, 3.8) is 0 Å². The van der Waals surface area contributed by atoms with Crippen LogP contribution in [-0.2, 0) is 14.3 Å². The highest BCUT2D eigenvalue weighted by molar-refractivity contribution is 5.85. The Bertz CT molecular complexity index is 1380. The number of hydrogen-bond acceptors (Lipinski definition) is 6. The molecular weight excluding hydrogens is 527 g/mol. The fourth-order valence-electron chi connectivity index (χ4n) is 5.34. The van der Waals surface area contributed by atoms with E-state index in [1.54, 1.807) is 6.07 Å². The lowest BCUT2D eigenvalue weighted by molar-refractivity contribution is -0.182. The molecule has 1 unspecified atom stereocenters. The molecule has 1 N–H and O–H groups in total. The second-order valence-electron chi connectivity index (χ2n) is 10.2. The van der Waals surface area contributed by atoms with Crippen molar-refractivity contribution >= 4 is 22.6 Å². The van der Waals surface area contributed by atoms with Crippen molar-refractivity contribution in [3.05, 3.63) is 65.7 Å². The number of halogens is 3. The molecule has 3 aromatic rings. The number of hydrogen-bond donors (Lipinski definition) is 1. The van der Waals surface area contributed by atoms with E-state index in [1.165, 1.54) is 7.11 Å². The van der Waals surface area contributed by atoms with Gasteiger partial charge in [0.05, 0.1) is 19.4 Å². The molecule has 1 fully saturated rings. The van der Waals surface area contributed by atoms with Gasteiger partial charge >= 0.3 is 12.1 Å². The predicted octanol–water partition coefficient (Wildman–Crippen LogP) is 5.88. The van der Waals surface area contributed by atoms with Crippen LogP contribution in [0.2, 0.25) is 0 Å². The van der Waals surface area contributed by atoms with Crippen molar-refractivity contribution < 1.29 is 41.7 Å². The van der Waals surface area contributed by atoms with Gasteiger partial charge in [0.2, 0.25) is 6.79 Å². The molecule has 0 saturated heterocycles. The van der Waals surface area contributed by atoms with Crippen molar-refractivity contribution in [2.75, 3.05) is 20.5 Å². The molecule has 3 aromatic carbocycles. The summed E-state index contributed by atoms with van der Waals surface area (Å²) in [6, 6.07) is 16.6. The zero-order chi connectivity index (χ0) is 28.3. The van der Waals surface area contributed by atoms with Crippen LogP contribution in [0.5, 0.6) is 17.2 Å². The fourth-order valence-corrected chi connectivity index (χ4v) is 5.34. The lowest BCUT2D eigenvalue weighted by atomic mass is 9.85. The van der Waals surface area contributed by atoms with Crippen LogP contribution in [0, 0.1) is 5.92 Å². The highest BCUT2D eigenvalue weighted by Gasteiger charge is 2.41. The number of benzene rings is 3. The molecule has 10 heteroatoms. The smallest absolute Gasteiger partial charge is 0.391 e. The lowest BCUT2D eigenvalue weighted by Gasteiger charge is -2.30. The molecule has 1 heterocycles. The molecule has 0 aromatic heterocycles. The molecule has 1 atom stereocenters. The maximum atomic E-state index is 12.9. The van der Waals surface area contributed by atoms with Crippen LogP contribution in [0.15, 0.2) is 54.6 Å². The molecule has 212 valence electrons. The van der Waals surface area contributed by atoms with Gasteiger partial charge in [-0.15, -0.1) is 0 Å². The SMILES string of the molecule is COC(=O)CC(c1ccc2c(c1)OCO2)c1ccc2ccc(OCC(=O)NC3CCC(C(F)(F)F)CC3)cc2c1. The van der Waals surface area contributed by atoms with E-state index in [-0.39, 0.29) is 56.5 Å². The summed E-state index contributed by atoms with van der Waals surface area (Å²) in [5, 5.41) is 4.59. The Hall–Kier alpha value is -3.95. The van der Waals surface area contributed by atoms with Crippen LogP contribution < -0.4 is 19.5 Å². The first kappa shape index (κ1) is 27.6. The first-order valence-corrected chi connectivity index (χ1v) is 13.2. The summed E-state index contributed by atoms with van der Waals surface area (Å²) in [4.78, 5) is 24.7. The molecule has 0 spiro atoms. The van der Waals surface area contributed by atoms with E-state index < -0.39 is 12.1 Å². The maximum Gasteiger partial charge on any atom is 0.391 e. The van der Waals surface area contributed by atoms with E-state index >= 15 is 0 Å². The largest absolute Gasteiger partial charge is 0.484 e. The minimum atomic E-state index is -4.18. The van der Waals surface area contributed by atoms with E-state index in [0.717, 1.165) is 21.9 Å². The molecule has 0 radical (unpaired) electrons. The Morgan fingerprint density at radius 1 is 0.925 bits per heavy atom. The monoisotopic (exact) mass is 557 g/mol. The zero-order valence-corrected chi connectivity index (χ0v) is 22.0. The van der Waals surface area contributed by atoms with Crippen LogP contribution in [-0.4, -0.2) is 44.6 Å². The second-order valence-corrected chi connectivity index (χ2v) is 10.2. The first-order chi connectivity index (χ1) is 19.2. The maximum absolute atomic E-state index is 12.9. The van der Waals surface area contributed by atoms with E-state index in [2.05, 4.69) is 5.32 Å². The number of rotatable bonds is 8. The molecule has 1 amide bonds. The van der Waals surface area contributed by atoms with Gasteiger partial charge in [-0.3, -0.25) is 9.59 Å². The van der Waals surface area contributed by atoms with Gasteiger partial charge < -0.3 is 24.3 Å². The summed E-state index contributed by atoms with van der Waals surface area (Å²) in [6.07, 6.45) is -3.42. The van der Waals surface area contributed by atoms with Gasteiger partial charge in [0, 0.05) is 12.0 Å². The van der Waals surface area contributed by atoms with E-state index in [1.807, 2.05) is 48.5 Å². The Morgan fingerprint density at radius 3 is 2.38 bits per heavy atom. The highest BCUT2D eigenvalue weighted by Crippen LogP contribution is 2.39. The van der Waals surface area contributed by atoms with E-state index in [9.17, 15) is 22.8 Å². The molecule has 7 nitrogen and oxygen atoms in total. The van der Waals surface area contributed by atoms with Crippen LogP contribution in [0.1, 0.15) is 49.1 Å². The summed E-state index contributed by atoms with van der Waals surface area (Å²) in [7, 11) is 1.35. The molecule has 2 aliphatic rings. The van der Waals surface area contributed by atoms with Crippen LogP contribution >= 0.6 is 0 Å². The van der Waals surface area contributed by atoms with Crippen molar-refractivity contribution in [1.82, 2.24) is 5.32 Å². The van der Waals surface area contributed by atoms with Gasteiger partial charge in [-0.2, -0.15) is 13.2 Å². The summed E-state index contributed by atoms with van der Waals surface area (Å²) in [5.74, 6) is -0.559. The predicted molar refractivity (Wildman–Crippen MR) is 140 cm³/mol. The quantitative estimate of drug-likeness (QED) is 0.349. The number of ether oxygens (including phenoxy) is 4. The summed E-state index contributed by atoms with van der Waals surface area (Å²) in [6.45, 7) is -0.0943. The average Bonchev–Trinajstić information content (AvgIpc) is 3.42. The highest BCUT2D eigenvalue weighted by atomic mass is 19.4. The zero-order valence-electron chi connectivity index (χ0n) is 22.0. The first-order valence-electron chi connectivity index (χ1n) is 13.2. The van der Waals surface area contributed by atoms with Gasteiger partial charge in [0.25, 0.3) is 5.91 Å². The number of methoxy groups -OCH3 is 1.